The van der Waals surface area contributed by atoms with E-state index in [1.54, 1.807) is 0 Å². The molecule has 0 saturated carbocycles. The van der Waals surface area contributed by atoms with Crippen molar-refractivity contribution >= 4 is 17.7 Å². The van der Waals surface area contributed by atoms with Gasteiger partial charge in [-0.2, -0.15) is 0 Å². The summed E-state index contributed by atoms with van der Waals surface area (Å²) >= 11 is 0. The topological polar surface area (TPSA) is 69.6 Å². The lowest BCUT2D eigenvalue weighted by Crippen LogP contribution is -2.47. The van der Waals surface area contributed by atoms with E-state index in [1.807, 2.05) is 67.6 Å². The first-order valence-corrected chi connectivity index (χ1v) is 7.79. The molecule has 5 heteroatoms. The highest BCUT2D eigenvalue weighted by atomic mass is 16.4. The molecule has 24 heavy (non-hydrogen) atoms. The Hall–Kier alpha value is -3.08. The number of carbonyl (C=O) groups excluding carboxylic acids is 1. The third kappa shape index (κ3) is 2.76. The van der Waals surface area contributed by atoms with Crippen molar-refractivity contribution in [1.82, 2.24) is 10.2 Å². The first kappa shape index (κ1) is 15.8. The number of aliphatic carboxylic acids is 1. The average Bonchev–Trinajstić information content (AvgIpc) is 2.62. The number of carboxylic acids is 1. The van der Waals surface area contributed by atoms with Crippen LogP contribution in [0.15, 0.2) is 66.2 Å². The second kappa shape index (κ2) is 6.58. The van der Waals surface area contributed by atoms with E-state index >= 15 is 0 Å². The predicted octanol–water partition coefficient (Wildman–Crippen LogP) is 3.27. The van der Waals surface area contributed by atoms with E-state index in [-0.39, 0.29) is 11.6 Å². The summed E-state index contributed by atoms with van der Waals surface area (Å²) in [5.41, 5.74) is 2.08. The number of rotatable bonds is 4. The van der Waals surface area contributed by atoms with Crippen LogP contribution in [0.5, 0.6) is 0 Å². The van der Waals surface area contributed by atoms with E-state index in [0.717, 1.165) is 5.56 Å². The van der Waals surface area contributed by atoms with Crippen molar-refractivity contribution in [3.05, 3.63) is 77.4 Å². The molecular formula is C19H18N2O3. The van der Waals surface area contributed by atoms with Gasteiger partial charge in [-0.3, -0.25) is 4.90 Å². The summed E-state index contributed by atoms with van der Waals surface area (Å²) in [5, 5.41) is 12.7. The van der Waals surface area contributed by atoms with Crippen LogP contribution in [0.25, 0.3) is 5.70 Å². The highest BCUT2D eigenvalue weighted by molar-refractivity contribution is 6.03. The fourth-order valence-electron chi connectivity index (χ4n) is 2.99. The molecule has 0 bridgehead atoms. The van der Waals surface area contributed by atoms with Gasteiger partial charge in [0.1, 0.15) is 0 Å². The number of carbonyl (C=O) groups is 2. The lowest BCUT2D eigenvalue weighted by Gasteiger charge is -2.35. The van der Waals surface area contributed by atoms with Gasteiger partial charge in [-0.1, -0.05) is 60.7 Å². The van der Waals surface area contributed by atoms with E-state index in [0.29, 0.717) is 17.8 Å². The van der Waals surface area contributed by atoms with Gasteiger partial charge < -0.3 is 10.4 Å². The first-order chi connectivity index (χ1) is 11.6. The smallest absolute Gasteiger partial charge is 0.336 e. The number of nitrogens with one attached hydrogen (secondary N) is 1. The van der Waals surface area contributed by atoms with E-state index < -0.39 is 12.0 Å². The van der Waals surface area contributed by atoms with E-state index in [2.05, 4.69) is 5.32 Å². The van der Waals surface area contributed by atoms with Gasteiger partial charge in [0.25, 0.3) is 0 Å². The number of amides is 2. The van der Waals surface area contributed by atoms with Crippen LogP contribution in [-0.4, -0.2) is 28.6 Å². The second-order valence-electron chi connectivity index (χ2n) is 5.47. The highest BCUT2D eigenvalue weighted by Gasteiger charge is 2.37. The van der Waals surface area contributed by atoms with Crippen molar-refractivity contribution in [2.75, 3.05) is 6.54 Å². The van der Waals surface area contributed by atoms with Crippen molar-refractivity contribution in [2.45, 2.75) is 13.0 Å². The highest BCUT2D eigenvalue weighted by Crippen LogP contribution is 2.35. The van der Waals surface area contributed by atoms with Crippen LogP contribution in [0.3, 0.4) is 0 Å². The molecule has 1 atom stereocenters. The molecular weight excluding hydrogens is 304 g/mol. The molecule has 2 aromatic rings. The first-order valence-electron chi connectivity index (χ1n) is 7.79. The number of benzene rings is 2. The van der Waals surface area contributed by atoms with Crippen molar-refractivity contribution in [1.29, 1.82) is 0 Å². The number of carboxylic acid groups (broad SMARTS) is 1. The Morgan fingerprint density at radius 2 is 1.67 bits per heavy atom. The molecule has 2 aromatic carbocycles. The fourth-order valence-corrected chi connectivity index (χ4v) is 2.99. The Bertz CT molecular complexity index is 785. The van der Waals surface area contributed by atoms with Crippen LogP contribution in [0.2, 0.25) is 0 Å². The van der Waals surface area contributed by atoms with Crippen LogP contribution in [0.4, 0.5) is 4.79 Å². The molecule has 3 rings (SSSR count). The van der Waals surface area contributed by atoms with Crippen molar-refractivity contribution in [2.24, 2.45) is 0 Å². The minimum absolute atomic E-state index is 0.175. The second-order valence-corrected chi connectivity index (χ2v) is 5.47. The Kier molecular flexibility index (Phi) is 4.33. The van der Waals surface area contributed by atoms with Gasteiger partial charge in [0.2, 0.25) is 0 Å². The third-order valence-electron chi connectivity index (χ3n) is 4.05. The molecule has 1 aliphatic heterocycles. The van der Waals surface area contributed by atoms with E-state index in [1.165, 1.54) is 4.90 Å². The maximum atomic E-state index is 12.5. The summed E-state index contributed by atoms with van der Waals surface area (Å²) in [6.45, 7) is 2.21. The van der Waals surface area contributed by atoms with Crippen LogP contribution in [0, 0.1) is 0 Å². The molecule has 0 saturated heterocycles. The maximum absolute atomic E-state index is 12.5. The lowest BCUT2D eigenvalue weighted by atomic mass is 9.92. The molecule has 2 amide bonds. The molecule has 1 heterocycles. The van der Waals surface area contributed by atoms with Crippen molar-refractivity contribution < 1.29 is 14.7 Å². The van der Waals surface area contributed by atoms with Gasteiger partial charge in [-0.05, 0) is 18.1 Å². The number of nitrogens with zero attached hydrogens (tertiary/aromatic N) is 1. The Morgan fingerprint density at radius 3 is 2.21 bits per heavy atom. The Balaban J connectivity index is 2.25. The zero-order valence-corrected chi connectivity index (χ0v) is 13.3. The van der Waals surface area contributed by atoms with Crippen LogP contribution >= 0.6 is 0 Å². The van der Waals surface area contributed by atoms with Gasteiger partial charge >= 0.3 is 12.0 Å². The molecule has 5 nitrogen and oxygen atoms in total. The van der Waals surface area contributed by atoms with Crippen LogP contribution in [-0.2, 0) is 4.79 Å². The van der Waals surface area contributed by atoms with Gasteiger partial charge in [0.15, 0.2) is 0 Å². The lowest BCUT2D eigenvalue weighted by molar-refractivity contribution is -0.133. The molecule has 122 valence electrons. The van der Waals surface area contributed by atoms with E-state index in [4.69, 9.17) is 0 Å². The number of hydrogen-bond acceptors (Lipinski definition) is 2. The van der Waals surface area contributed by atoms with Gasteiger partial charge in [0, 0.05) is 6.54 Å². The summed E-state index contributed by atoms with van der Waals surface area (Å²) in [5.74, 6) is -1.04. The minimum atomic E-state index is -1.04. The average molecular weight is 322 g/mol. The van der Waals surface area contributed by atoms with Crippen molar-refractivity contribution in [3.8, 4) is 0 Å². The monoisotopic (exact) mass is 322 g/mol. The van der Waals surface area contributed by atoms with Crippen molar-refractivity contribution in [3.63, 3.8) is 0 Å². The summed E-state index contributed by atoms with van der Waals surface area (Å²) in [4.78, 5) is 26.1. The van der Waals surface area contributed by atoms with Gasteiger partial charge in [0.05, 0.1) is 17.3 Å². The number of urea groups is 1. The molecule has 1 unspecified atom stereocenters. The standard InChI is InChI=1S/C19H18N2O3/c1-2-21-17(14-11-7-4-8-12-14)15(18(22)23)16(20-19(21)24)13-9-5-3-6-10-13/h3-12,16H,2H2,1H3,(H,20,24)(H,22,23). The quantitative estimate of drug-likeness (QED) is 0.907. The Labute approximate surface area is 140 Å². The molecule has 2 N–H and O–H groups in total. The fraction of sp³-hybridized carbons (Fsp3) is 0.158. The normalized spacial score (nSPS) is 17.6. The molecule has 0 spiro atoms. The summed E-state index contributed by atoms with van der Waals surface area (Å²) in [6.07, 6.45) is 0. The molecule has 0 radical (unpaired) electrons. The third-order valence-corrected chi connectivity index (χ3v) is 4.05. The van der Waals surface area contributed by atoms with E-state index in [9.17, 15) is 14.7 Å². The minimum Gasteiger partial charge on any atom is -0.478 e. The predicted molar refractivity (Wildman–Crippen MR) is 91.1 cm³/mol. The summed E-state index contributed by atoms with van der Waals surface area (Å²) in [7, 11) is 0. The molecule has 0 aliphatic carbocycles. The SMILES string of the molecule is CCN1C(=O)NC(c2ccccc2)C(C(=O)O)=C1c1ccccc1. The summed E-state index contributed by atoms with van der Waals surface area (Å²) in [6, 6.07) is 17.3. The Morgan fingerprint density at radius 1 is 1.08 bits per heavy atom. The van der Waals surface area contributed by atoms with Gasteiger partial charge in [-0.15, -0.1) is 0 Å². The van der Waals surface area contributed by atoms with Gasteiger partial charge in [-0.25, -0.2) is 9.59 Å². The molecule has 0 aromatic heterocycles. The van der Waals surface area contributed by atoms with Crippen LogP contribution < -0.4 is 5.32 Å². The zero-order chi connectivity index (χ0) is 17.1. The molecule has 1 aliphatic rings. The number of hydrogen-bond donors (Lipinski definition) is 2. The molecule has 0 fully saturated rings. The zero-order valence-electron chi connectivity index (χ0n) is 13.3. The van der Waals surface area contributed by atoms with Crippen LogP contribution in [0.1, 0.15) is 24.1 Å². The maximum Gasteiger partial charge on any atom is 0.336 e. The largest absolute Gasteiger partial charge is 0.478 e. The summed E-state index contributed by atoms with van der Waals surface area (Å²) < 4.78 is 0.